The molecule has 9 heteroatoms. The van der Waals surface area contributed by atoms with Crippen LogP contribution in [0.4, 0.5) is 15.6 Å². The number of nitriles is 1. The number of urea groups is 1. The Bertz CT molecular complexity index is 1100. The van der Waals surface area contributed by atoms with Crippen LogP contribution in [0.2, 0.25) is 0 Å². The molecule has 0 saturated carbocycles. The van der Waals surface area contributed by atoms with Gasteiger partial charge in [0.2, 0.25) is 5.13 Å². The van der Waals surface area contributed by atoms with E-state index in [0.717, 1.165) is 22.3 Å². The number of benzene rings is 2. The zero-order chi connectivity index (χ0) is 21.6. The fourth-order valence-electron chi connectivity index (χ4n) is 3.38. The molecule has 0 unspecified atom stereocenters. The highest BCUT2D eigenvalue weighted by Crippen LogP contribution is 2.22. The molecule has 1 N–H and O–H groups in total. The molecule has 2 amide bonds. The molecule has 2 aromatic carbocycles. The Morgan fingerprint density at radius 2 is 2.00 bits per heavy atom. The molecule has 2 heterocycles. The summed E-state index contributed by atoms with van der Waals surface area (Å²) in [6, 6.07) is 16.7. The van der Waals surface area contributed by atoms with Crippen molar-refractivity contribution >= 4 is 28.4 Å². The van der Waals surface area contributed by atoms with Crippen LogP contribution in [-0.4, -0.2) is 53.6 Å². The van der Waals surface area contributed by atoms with E-state index in [9.17, 15) is 4.79 Å². The molecule has 0 aliphatic carbocycles. The summed E-state index contributed by atoms with van der Waals surface area (Å²) >= 11 is 1.39. The zero-order valence-corrected chi connectivity index (χ0v) is 17.9. The van der Waals surface area contributed by atoms with Gasteiger partial charge in [-0.25, -0.2) is 9.78 Å². The minimum atomic E-state index is -0.161. The molecule has 0 atom stereocenters. The number of carbonyl (C=O) groups is 1. The Kier molecular flexibility index (Phi) is 6.29. The van der Waals surface area contributed by atoms with E-state index in [-0.39, 0.29) is 6.03 Å². The molecule has 4 rings (SSSR count). The third-order valence-electron chi connectivity index (χ3n) is 5.03. The smallest absolute Gasteiger partial charge is 0.321 e. The lowest BCUT2D eigenvalue weighted by molar-refractivity contribution is 0.208. The number of amides is 2. The van der Waals surface area contributed by atoms with Crippen LogP contribution in [0.5, 0.6) is 5.75 Å². The largest absolute Gasteiger partial charge is 0.497 e. The number of nitrogens with zero attached hydrogens (tertiary/aromatic N) is 5. The third kappa shape index (κ3) is 5.10. The van der Waals surface area contributed by atoms with Crippen molar-refractivity contribution in [3.05, 3.63) is 65.5 Å². The van der Waals surface area contributed by atoms with E-state index in [1.807, 2.05) is 24.3 Å². The number of rotatable bonds is 5. The monoisotopic (exact) mass is 434 g/mol. The summed E-state index contributed by atoms with van der Waals surface area (Å²) in [5.74, 6) is 1.60. The van der Waals surface area contributed by atoms with Crippen molar-refractivity contribution in [3.8, 4) is 11.8 Å². The molecule has 8 nitrogen and oxygen atoms in total. The van der Waals surface area contributed by atoms with Gasteiger partial charge in [-0.1, -0.05) is 18.2 Å². The van der Waals surface area contributed by atoms with Gasteiger partial charge in [0, 0.05) is 49.8 Å². The number of anilines is 2. The average Bonchev–Trinajstić information content (AvgIpc) is 3.28. The first-order chi connectivity index (χ1) is 15.1. The number of piperazine rings is 1. The van der Waals surface area contributed by atoms with Gasteiger partial charge in [0.1, 0.15) is 11.6 Å². The van der Waals surface area contributed by atoms with Crippen LogP contribution in [0.25, 0.3) is 0 Å². The minimum Gasteiger partial charge on any atom is -0.497 e. The van der Waals surface area contributed by atoms with Crippen LogP contribution in [0.1, 0.15) is 17.0 Å². The number of carbonyl (C=O) groups excluding carboxylic acids is 1. The van der Waals surface area contributed by atoms with Gasteiger partial charge in [-0.15, -0.1) is 0 Å². The second-order valence-electron chi connectivity index (χ2n) is 7.12. The molecule has 0 bridgehead atoms. The van der Waals surface area contributed by atoms with E-state index >= 15 is 0 Å². The summed E-state index contributed by atoms with van der Waals surface area (Å²) in [5, 5.41) is 12.7. The number of ether oxygens (including phenoxy) is 1. The van der Waals surface area contributed by atoms with Gasteiger partial charge >= 0.3 is 6.03 Å². The summed E-state index contributed by atoms with van der Waals surface area (Å²) in [6.07, 6.45) is 0.651. The van der Waals surface area contributed by atoms with Crippen molar-refractivity contribution in [1.82, 2.24) is 14.3 Å². The highest BCUT2D eigenvalue weighted by Gasteiger charge is 2.23. The zero-order valence-electron chi connectivity index (χ0n) is 17.1. The first-order valence-electron chi connectivity index (χ1n) is 9.91. The van der Waals surface area contributed by atoms with Gasteiger partial charge in [0.15, 0.2) is 0 Å². The SMILES string of the molecule is COc1cccc(Cc2nsc(N3CCN(C(=O)Nc4cccc(C#N)c4)CC3)n2)c1. The van der Waals surface area contributed by atoms with Crippen LogP contribution in [0.3, 0.4) is 0 Å². The van der Waals surface area contributed by atoms with E-state index in [1.54, 1.807) is 36.3 Å². The number of aromatic nitrogens is 2. The Balaban J connectivity index is 1.31. The van der Waals surface area contributed by atoms with E-state index < -0.39 is 0 Å². The van der Waals surface area contributed by atoms with Crippen molar-refractivity contribution in [3.63, 3.8) is 0 Å². The number of methoxy groups -OCH3 is 1. The summed E-state index contributed by atoms with van der Waals surface area (Å²) < 4.78 is 9.77. The highest BCUT2D eigenvalue weighted by atomic mass is 32.1. The normalized spacial score (nSPS) is 13.5. The third-order valence-corrected chi connectivity index (χ3v) is 5.85. The lowest BCUT2D eigenvalue weighted by Gasteiger charge is -2.34. The van der Waals surface area contributed by atoms with Crippen LogP contribution in [-0.2, 0) is 6.42 Å². The Labute approximate surface area is 184 Å². The summed E-state index contributed by atoms with van der Waals surface area (Å²) in [4.78, 5) is 21.2. The predicted octanol–water partition coefficient (Wildman–Crippen LogP) is 3.36. The quantitative estimate of drug-likeness (QED) is 0.662. The second kappa shape index (κ2) is 9.45. The fraction of sp³-hybridized carbons (Fsp3) is 0.273. The highest BCUT2D eigenvalue weighted by molar-refractivity contribution is 7.09. The van der Waals surface area contributed by atoms with Gasteiger partial charge < -0.3 is 19.9 Å². The van der Waals surface area contributed by atoms with Gasteiger partial charge in [-0.05, 0) is 35.9 Å². The molecule has 1 aliphatic heterocycles. The maximum Gasteiger partial charge on any atom is 0.321 e. The molecule has 3 aromatic rings. The molecule has 1 saturated heterocycles. The van der Waals surface area contributed by atoms with E-state index in [2.05, 4.69) is 25.6 Å². The van der Waals surface area contributed by atoms with Crippen molar-refractivity contribution in [2.75, 3.05) is 43.5 Å². The standard InChI is InChI=1S/C22H22N6O2S/c1-30-19-7-3-4-16(13-19)14-20-25-22(31-26-20)28-10-8-27(9-11-28)21(29)24-18-6-2-5-17(12-18)15-23/h2-7,12-13H,8-11,14H2,1H3,(H,24,29). The molecule has 1 aliphatic rings. The van der Waals surface area contributed by atoms with Crippen molar-refractivity contribution in [2.24, 2.45) is 0 Å². The van der Waals surface area contributed by atoms with Crippen molar-refractivity contribution in [2.45, 2.75) is 6.42 Å². The molecule has 158 valence electrons. The molecular weight excluding hydrogens is 412 g/mol. The van der Waals surface area contributed by atoms with E-state index in [0.29, 0.717) is 43.9 Å². The Morgan fingerprint density at radius 3 is 2.77 bits per heavy atom. The average molecular weight is 435 g/mol. The molecule has 31 heavy (non-hydrogen) atoms. The minimum absolute atomic E-state index is 0.161. The Morgan fingerprint density at radius 1 is 1.19 bits per heavy atom. The summed E-state index contributed by atoms with van der Waals surface area (Å²) in [5.41, 5.74) is 2.24. The van der Waals surface area contributed by atoms with E-state index in [4.69, 9.17) is 10.00 Å². The molecule has 1 aromatic heterocycles. The maximum absolute atomic E-state index is 12.5. The van der Waals surface area contributed by atoms with Crippen LogP contribution >= 0.6 is 11.5 Å². The fourth-order valence-corrected chi connectivity index (χ4v) is 4.12. The lowest BCUT2D eigenvalue weighted by atomic mass is 10.1. The van der Waals surface area contributed by atoms with Crippen molar-refractivity contribution in [1.29, 1.82) is 5.26 Å². The van der Waals surface area contributed by atoms with E-state index in [1.165, 1.54) is 11.5 Å². The summed E-state index contributed by atoms with van der Waals surface area (Å²) in [6.45, 7) is 2.57. The van der Waals surface area contributed by atoms with Crippen LogP contribution < -0.4 is 15.0 Å². The topological polar surface area (TPSA) is 94.4 Å². The molecule has 0 radical (unpaired) electrons. The molecule has 1 fully saturated rings. The first-order valence-corrected chi connectivity index (χ1v) is 10.7. The van der Waals surface area contributed by atoms with Crippen molar-refractivity contribution < 1.29 is 9.53 Å². The molecular formula is C22H22N6O2S. The van der Waals surface area contributed by atoms with Gasteiger partial charge in [0.25, 0.3) is 0 Å². The van der Waals surface area contributed by atoms with Gasteiger partial charge in [-0.2, -0.15) is 9.64 Å². The number of nitrogens with one attached hydrogen (secondary N) is 1. The van der Waals surface area contributed by atoms with Crippen LogP contribution in [0, 0.1) is 11.3 Å². The lowest BCUT2D eigenvalue weighted by Crippen LogP contribution is -2.50. The number of hydrogen-bond acceptors (Lipinski definition) is 7. The number of hydrogen-bond donors (Lipinski definition) is 1. The van der Waals surface area contributed by atoms with Gasteiger partial charge in [0.05, 0.1) is 18.7 Å². The molecule has 0 spiro atoms. The second-order valence-corrected chi connectivity index (χ2v) is 7.85. The van der Waals surface area contributed by atoms with Gasteiger partial charge in [-0.3, -0.25) is 0 Å². The Hall–Kier alpha value is -3.64. The van der Waals surface area contributed by atoms with Crippen LogP contribution in [0.15, 0.2) is 48.5 Å². The first kappa shape index (κ1) is 20.6. The maximum atomic E-state index is 12.5. The predicted molar refractivity (Wildman–Crippen MR) is 120 cm³/mol. The summed E-state index contributed by atoms with van der Waals surface area (Å²) in [7, 11) is 1.65.